The van der Waals surface area contributed by atoms with Gasteiger partial charge in [0, 0.05) is 19.3 Å². The maximum absolute atomic E-state index is 9.08. The van der Waals surface area contributed by atoms with Crippen LogP contribution in [0.1, 0.15) is 11.1 Å². The van der Waals surface area contributed by atoms with Crippen LogP contribution in [-0.2, 0) is 6.54 Å². The molecular formula is C16H16N2O. The molecule has 0 N–H and O–H groups in total. The van der Waals surface area contributed by atoms with E-state index in [0.29, 0.717) is 11.3 Å². The van der Waals surface area contributed by atoms with Crippen molar-refractivity contribution in [3.63, 3.8) is 0 Å². The van der Waals surface area contributed by atoms with E-state index in [1.807, 2.05) is 43.4 Å². The molecule has 0 atom stereocenters. The van der Waals surface area contributed by atoms with Gasteiger partial charge in [-0.05, 0) is 29.8 Å². The number of para-hydroxylation sites is 1. The van der Waals surface area contributed by atoms with Gasteiger partial charge in [-0.15, -0.1) is 0 Å². The fraction of sp³-hybridized carbons (Fsp3) is 0.188. The lowest BCUT2D eigenvalue weighted by atomic mass is 10.1. The van der Waals surface area contributed by atoms with Gasteiger partial charge in [-0.3, -0.25) is 0 Å². The van der Waals surface area contributed by atoms with Gasteiger partial charge in [-0.2, -0.15) is 5.26 Å². The van der Waals surface area contributed by atoms with Crippen LogP contribution in [0.4, 0.5) is 5.69 Å². The van der Waals surface area contributed by atoms with E-state index >= 15 is 0 Å². The van der Waals surface area contributed by atoms with Crippen molar-refractivity contribution in [2.45, 2.75) is 6.54 Å². The highest BCUT2D eigenvalue weighted by Crippen LogP contribution is 2.21. The molecule has 2 aromatic carbocycles. The molecule has 3 nitrogen and oxygen atoms in total. The number of hydrogen-bond acceptors (Lipinski definition) is 3. The molecule has 19 heavy (non-hydrogen) atoms. The molecule has 0 saturated carbocycles. The highest BCUT2D eigenvalue weighted by molar-refractivity contribution is 5.49. The maximum atomic E-state index is 9.08. The van der Waals surface area contributed by atoms with Gasteiger partial charge < -0.3 is 9.64 Å². The summed E-state index contributed by atoms with van der Waals surface area (Å²) >= 11 is 0. The van der Waals surface area contributed by atoms with E-state index in [-0.39, 0.29) is 0 Å². The van der Waals surface area contributed by atoms with E-state index in [4.69, 9.17) is 10.00 Å². The van der Waals surface area contributed by atoms with Gasteiger partial charge in [0.1, 0.15) is 11.8 Å². The second-order valence-electron chi connectivity index (χ2n) is 4.34. The molecule has 0 spiro atoms. The van der Waals surface area contributed by atoms with Crippen LogP contribution in [0.2, 0.25) is 0 Å². The zero-order valence-corrected chi connectivity index (χ0v) is 11.1. The molecule has 0 amide bonds. The van der Waals surface area contributed by atoms with E-state index in [1.165, 1.54) is 0 Å². The Balaban J connectivity index is 2.18. The van der Waals surface area contributed by atoms with Crippen LogP contribution in [0.5, 0.6) is 5.75 Å². The average Bonchev–Trinajstić information content (AvgIpc) is 2.48. The van der Waals surface area contributed by atoms with Crippen molar-refractivity contribution in [3.05, 3.63) is 59.7 Å². The lowest BCUT2D eigenvalue weighted by Gasteiger charge is -2.19. The number of anilines is 1. The Morgan fingerprint density at radius 2 is 1.89 bits per heavy atom. The molecule has 0 aliphatic carbocycles. The van der Waals surface area contributed by atoms with Crippen molar-refractivity contribution in [2.24, 2.45) is 0 Å². The Morgan fingerprint density at radius 3 is 2.53 bits per heavy atom. The van der Waals surface area contributed by atoms with Crippen LogP contribution in [0, 0.1) is 11.3 Å². The zero-order chi connectivity index (χ0) is 13.7. The SMILES string of the molecule is COc1ccc(CN(C)c2ccccc2)cc1C#N. The summed E-state index contributed by atoms with van der Waals surface area (Å²) in [6, 6.07) is 18.0. The smallest absolute Gasteiger partial charge is 0.136 e. The van der Waals surface area contributed by atoms with E-state index in [0.717, 1.165) is 17.8 Å². The first-order valence-electron chi connectivity index (χ1n) is 6.08. The first-order chi connectivity index (χ1) is 9.24. The summed E-state index contributed by atoms with van der Waals surface area (Å²) in [5.74, 6) is 0.619. The average molecular weight is 252 g/mol. The molecule has 0 aliphatic rings. The minimum absolute atomic E-state index is 0.571. The molecule has 96 valence electrons. The van der Waals surface area contributed by atoms with Crippen LogP contribution >= 0.6 is 0 Å². The summed E-state index contributed by atoms with van der Waals surface area (Å²) < 4.78 is 5.14. The number of nitriles is 1. The monoisotopic (exact) mass is 252 g/mol. The summed E-state index contributed by atoms with van der Waals surface area (Å²) in [6.45, 7) is 0.753. The summed E-state index contributed by atoms with van der Waals surface area (Å²) in [6.07, 6.45) is 0. The van der Waals surface area contributed by atoms with Crippen LogP contribution in [0.25, 0.3) is 0 Å². The minimum atomic E-state index is 0.571. The Morgan fingerprint density at radius 1 is 1.16 bits per heavy atom. The van der Waals surface area contributed by atoms with Crippen LogP contribution in [-0.4, -0.2) is 14.2 Å². The Hall–Kier alpha value is -2.47. The predicted molar refractivity (Wildman–Crippen MR) is 76.3 cm³/mol. The number of hydrogen-bond donors (Lipinski definition) is 0. The van der Waals surface area contributed by atoms with E-state index in [1.54, 1.807) is 7.11 Å². The molecule has 0 fully saturated rings. The summed E-state index contributed by atoms with van der Waals surface area (Å²) in [4.78, 5) is 2.14. The molecule has 0 aromatic heterocycles. The van der Waals surface area contributed by atoms with Gasteiger partial charge in [0.15, 0.2) is 0 Å². The minimum Gasteiger partial charge on any atom is -0.495 e. The molecule has 0 unspecified atom stereocenters. The third-order valence-electron chi connectivity index (χ3n) is 3.00. The van der Waals surface area contributed by atoms with E-state index in [2.05, 4.69) is 23.1 Å². The van der Waals surface area contributed by atoms with Gasteiger partial charge in [-0.25, -0.2) is 0 Å². The molecule has 0 bridgehead atoms. The predicted octanol–water partition coefficient (Wildman–Crippen LogP) is 3.20. The normalized spacial score (nSPS) is 9.74. The van der Waals surface area contributed by atoms with Crippen molar-refractivity contribution in [3.8, 4) is 11.8 Å². The lowest BCUT2D eigenvalue weighted by Crippen LogP contribution is -2.16. The highest BCUT2D eigenvalue weighted by atomic mass is 16.5. The summed E-state index contributed by atoms with van der Waals surface area (Å²) in [5, 5.41) is 9.08. The first-order valence-corrected chi connectivity index (χ1v) is 6.08. The van der Waals surface area contributed by atoms with Crippen molar-refractivity contribution >= 4 is 5.69 Å². The molecule has 0 radical (unpaired) electrons. The lowest BCUT2D eigenvalue weighted by molar-refractivity contribution is 0.413. The number of benzene rings is 2. The van der Waals surface area contributed by atoms with Gasteiger partial charge in [0.05, 0.1) is 12.7 Å². The largest absolute Gasteiger partial charge is 0.495 e. The number of rotatable bonds is 4. The highest BCUT2D eigenvalue weighted by Gasteiger charge is 2.06. The number of methoxy groups -OCH3 is 1. The topological polar surface area (TPSA) is 36.3 Å². The molecule has 2 rings (SSSR count). The van der Waals surface area contributed by atoms with E-state index < -0.39 is 0 Å². The van der Waals surface area contributed by atoms with Gasteiger partial charge in [-0.1, -0.05) is 24.3 Å². The van der Waals surface area contributed by atoms with Crippen molar-refractivity contribution in [2.75, 3.05) is 19.1 Å². The Labute approximate surface area is 113 Å². The molecule has 0 heterocycles. The molecule has 0 saturated heterocycles. The fourth-order valence-electron chi connectivity index (χ4n) is 1.99. The van der Waals surface area contributed by atoms with Crippen molar-refractivity contribution < 1.29 is 4.74 Å². The second kappa shape index (κ2) is 5.92. The Kier molecular flexibility index (Phi) is 4.04. The summed E-state index contributed by atoms with van der Waals surface area (Å²) in [5.41, 5.74) is 2.81. The van der Waals surface area contributed by atoms with Gasteiger partial charge in [0.25, 0.3) is 0 Å². The zero-order valence-electron chi connectivity index (χ0n) is 11.1. The molecule has 0 aliphatic heterocycles. The Bertz CT molecular complexity index is 587. The van der Waals surface area contributed by atoms with Crippen molar-refractivity contribution in [1.82, 2.24) is 0 Å². The van der Waals surface area contributed by atoms with Crippen LogP contribution in [0.3, 0.4) is 0 Å². The van der Waals surface area contributed by atoms with Crippen LogP contribution < -0.4 is 9.64 Å². The number of ether oxygens (including phenoxy) is 1. The van der Waals surface area contributed by atoms with Gasteiger partial charge >= 0.3 is 0 Å². The fourth-order valence-corrected chi connectivity index (χ4v) is 1.99. The maximum Gasteiger partial charge on any atom is 0.136 e. The quantitative estimate of drug-likeness (QED) is 0.838. The van der Waals surface area contributed by atoms with Crippen LogP contribution in [0.15, 0.2) is 48.5 Å². The second-order valence-corrected chi connectivity index (χ2v) is 4.34. The molecular weight excluding hydrogens is 236 g/mol. The molecule has 2 aromatic rings. The first kappa shape index (κ1) is 13.0. The van der Waals surface area contributed by atoms with Crippen molar-refractivity contribution in [1.29, 1.82) is 5.26 Å². The third-order valence-corrected chi connectivity index (χ3v) is 3.00. The van der Waals surface area contributed by atoms with Gasteiger partial charge in [0.2, 0.25) is 0 Å². The standard InChI is InChI=1S/C16H16N2O/c1-18(15-6-4-3-5-7-15)12-13-8-9-16(19-2)14(10-13)11-17/h3-10H,12H2,1-2H3. The molecule has 3 heteroatoms. The number of nitrogens with zero attached hydrogens (tertiary/aromatic N) is 2. The van der Waals surface area contributed by atoms with E-state index in [9.17, 15) is 0 Å². The summed E-state index contributed by atoms with van der Waals surface area (Å²) in [7, 11) is 3.61. The third kappa shape index (κ3) is 3.05.